The molecule has 128 valence electrons. The number of alkyl halides is 4. The number of anilines is 1. The third-order valence-electron chi connectivity index (χ3n) is 2.81. The molecule has 0 saturated carbocycles. The molecule has 3 nitrogen and oxygen atoms in total. The van der Waals surface area contributed by atoms with E-state index in [4.69, 9.17) is 23.2 Å². The van der Waals surface area contributed by atoms with Gasteiger partial charge in [-0.2, -0.15) is 17.6 Å². The summed E-state index contributed by atoms with van der Waals surface area (Å²) in [6.45, 7) is 0. The molecule has 2 aromatic carbocycles. The highest BCUT2D eigenvalue weighted by atomic mass is 35.5. The molecule has 0 aromatic heterocycles. The van der Waals surface area contributed by atoms with E-state index >= 15 is 0 Å². The molecule has 24 heavy (non-hydrogen) atoms. The van der Waals surface area contributed by atoms with Gasteiger partial charge in [-0.1, -0.05) is 35.3 Å². The second kappa shape index (κ2) is 7.27. The van der Waals surface area contributed by atoms with Crippen LogP contribution in [0.15, 0.2) is 42.5 Å². The largest absolute Gasteiger partial charge is 0.461 e. The number of hydrogen-bond donors (Lipinski definition) is 1. The zero-order chi connectivity index (χ0) is 17.9. The minimum Gasteiger partial charge on any atom is -0.426 e. The quantitative estimate of drug-likeness (QED) is 0.696. The molecule has 9 heteroatoms. The first kappa shape index (κ1) is 18.4. The summed E-state index contributed by atoms with van der Waals surface area (Å²) in [5, 5.41) is 2.62. The van der Waals surface area contributed by atoms with Crippen LogP contribution in [0.1, 0.15) is 10.4 Å². The van der Waals surface area contributed by atoms with Crippen molar-refractivity contribution in [2.24, 2.45) is 0 Å². The van der Waals surface area contributed by atoms with Crippen LogP contribution in [0.3, 0.4) is 0 Å². The molecule has 0 radical (unpaired) electrons. The van der Waals surface area contributed by atoms with Crippen molar-refractivity contribution in [1.29, 1.82) is 0 Å². The molecule has 1 amide bonds. The summed E-state index contributed by atoms with van der Waals surface area (Å²) in [6, 6.07) is 9.01. The number of para-hydroxylation sites is 2. The van der Waals surface area contributed by atoms with Crippen LogP contribution in [0.25, 0.3) is 0 Å². The summed E-state index contributed by atoms with van der Waals surface area (Å²) in [6.07, 6.45) is -8.72. The number of amides is 1. The topological polar surface area (TPSA) is 38.3 Å². The van der Waals surface area contributed by atoms with Gasteiger partial charge in [-0.3, -0.25) is 4.79 Å². The summed E-state index contributed by atoms with van der Waals surface area (Å²) in [5.74, 6) is -1.35. The Morgan fingerprint density at radius 2 is 1.79 bits per heavy atom. The number of carbonyl (C=O) groups excluding carboxylic acids is 1. The lowest BCUT2D eigenvalue weighted by atomic mass is 10.2. The van der Waals surface area contributed by atoms with E-state index in [1.54, 1.807) is 0 Å². The second-order valence-corrected chi connectivity index (χ2v) is 5.38. The lowest BCUT2D eigenvalue weighted by Crippen LogP contribution is -2.33. The molecular formula is C15H9Cl2F4NO2. The van der Waals surface area contributed by atoms with Crippen LogP contribution in [0.4, 0.5) is 23.2 Å². The Balaban J connectivity index is 2.25. The number of halogens is 6. The van der Waals surface area contributed by atoms with Crippen molar-refractivity contribution < 1.29 is 27.1 Å². The number of rotatable bonds is 5. The van der Waals surface area contributed by atoms with Gasteiger partial charge < -0.3 is 10.1 Å². The van der Waals surface area contributed by atoms with E-state index < -0.39 is 24.2 Å². The normalized spacial score (nSPS) is 11.5. The van der Waals surface area contributed by atoms with Crippen molar-refractivity contribution in [3.05, 3.63) is 58.1 Å². The Bertz CT molecular complexity index is 756. The summed E-state index contributed by atoms with van der Waals surface area (Å²) in [4.78, 5) is 12.2. The van der Waals surface area contributed by atoms with E-state index in [1.807, 2.05) is 0 Å². The zero-order valence-electron chi connectivity index (χ0n) is 11.7. The summed E-state index contributed by atoms with van der Waals surface area (Å²) in [7, 11) is 0. The van der Waals surface area contributed by atoms with Crippen molar-refractivity contribution in [2.75, 3.05) is 5.32 Å². The average Bonchev–Trinajstić information content (AvgIpc) is 2.48. The molecule has 0 aliphatic rings. The van der Waals surface area contributed by atoms with Gasteiger partial charge in [-0.05, 0) is 30.3 Å². The van der Waals surface area contributed by atoms with Gasteiger partial charge in [0.2, 0.25) is 0 Å². The smallest absolute Gasteiger partial charge is 0.426 e. The van der Waals surface area contributed by atoms with Crippen LogP contribution in [0.2, 0.25) is 10.0 Å². The number of hydrogen-bond acceptors (Lipinski definition) is 2. The predicted octanol–water partition coefficient (Wildman–Crippen LogP) is 5.48. The fourth-order valence-electron chi connectivity index (χ4n) is 1.71. The maximum absolute atomic E-state index is 13.1. The first-order valence-electron chi connectivity index (χ1n) is 6.41. The van der Waals surface area contributed by atoms with Gasteiger partial charge in [0, 0.05) is 5.02 Å². The van der Waals surface area contributed by atoms with Crippen LogP contribution in [0.5, 0.6) is 5.75 Å². The van der Waals surface area contributed by atoms with Gasteiger partial charge in [-0.25, -0.2) is 0 Å². The number of benzene rings is 2. The van der Waals surface area contributed by atoms with E-state index in [2.05, 4.69) is 10.1 Å². The molecular weight excluding hydrogens is 373 g/mol. The number of carbonyl (C=O) groups is 1. The van der Waals surface area contributed by atoms with Crippen LogP contribution in [-0.2, 0) is 0 Å². The van der Waals surface area contributed by atoms with E-state index in [1.165, 1.54) is 36.4 Å². The Labute approximate surface area is 144 Å². The summed E-state index contributed by atoms with van der Waals surface area (Å²) < 4.78 is 54.7. The van der Waals surface area contributed by atoms with Crippen LogP contribution in [0, 0.1) is 0 Å². The van der Waals surface area contributed by atoms with Crippen molar-refractivity contribution >= 4 is 34.8 Å². The molecule has 0 atom stereocenters. The molecule has 0 aliphatic heterocycles. The molecule has 0 bridgehead atoms. The Hall–Kier alpha value is -1.99. The van der Waals surface area contributed by atoms with Gasteiger partial charge in [0.05, 0.1) is 16.3 Å². The number of ether oxygens (including phenoxy) is 1. The first-order chi connectivity index (χ1) is 11.2. The molecule has 2 rings (SSSR count). The second-order valence-electron chi connectivity index (χ2n) is 4.54. The Morgan fingerprint density at radius 1 is 1.12 bits per heavy atom. The average molecular weight is 382 g/mol. The lowest BCUT2D eigenvalue weighted by Gasteiger charge is -2.19. The fourth-order valence-corrected chi connectivity index (χ4v) is 2.21. The predicted molar refractivity (Wildman–Crippen MR) is 82.4 cm³/mol. The Morgan fingerprint density at radius 3 is 2.42 bits per heavy atom. The summed E-state index contributed by atoms with van der Waals surface area (Å²) >= 11 is 11.6. The lowest BCUT2D eigenvalue weighted by molar-refractivity contribution is -0.252. The van der Waals surface area contributed by atoms with Gasteiger partial charge in [0.25, 0.3) is 5.91 Å². The molecule has 0 heterocycles. The van der Waals surface area contributed by atoms with Crippen LogP contribution >= 0.6 is 23.2 Å². The third kappa shape index (κ3) is 4.30. The van der Waals surface area contributed by atoms with Gasteiger partial charge in [0.15, 0.2) is 0 Å². The fraction of sp³-hybridized carbons (Fsp3) is 0.133. The van der Waals surface area contributed by atoms with Crippen molar-refractivity contribution in [1.82, 2.24) is 0 Å². The minimum atomic E-state index is -4.70. The van der Waals surface area contributed by atoms with E-state index in [-0.39, 0.29) is 16.3 Å². The van der Waals surface area contributed by atoms with Crippen molar-refractivity contribution in [3.8, 4) is 5.75 Å². The standard InChI is InChI=1S/C15H9Cl2F4NO2/c16-8-5-6-9(10(17)7-8)13(23)22-11-3-1-2-4-12(11)24-15(20,21)14(18)19/h1-7,14H,(H,22,23). The zero-order valence-corrected chi connectivity index (χ0v) is 13.2. The highest BCUT2D eigenvalue weighted by Gasteiger charge is 2.44. The highest BCUT2D eigenvalue weighted by molar-refractivity contribution is 6.37. The minimum absolute atomic E-state index is 0.0245. The molecule has 0 unspecified atom stereocenters. The summed E-state index contributed by atoms with van der Waals surface area (Å²) in [5.41, 5.74) is -0.190. The molecule has 0 spiro atoms. The van der Waals surface area contributed by atoms with E-state index in [0.717, 1.165) is 6.07 Å². The molecule has 2 aromatic rings. The maximum atomic E-state index is 13.1. The molecule has 1 N–H and O–H groups in total. The van der Waals surface area contributed by atoms with Crippen molar-refractivity contribution in [3.63, 3.8) is 0 Å². The van der Waals surface area contributed by atoms with Gasteiger partial charge >= 0.3 is 12.5 Å². The van der Waals surface area contributed by atoms with Crippen LogP contribution in [-0.4, -0.2) is 18.4 Å². The molecule has 0 aliphatic carbocycles. The van der Waals surface area contributed by atoms with Gasteiger partial charge in [0.1, 0.15) is 5.75 Å². The highest BCUT2D eigenvalue weighted by Crippen LogP contribution is 2.33. The Kier molecular flexibility index (Phi) is 5.56. The third-order valence-corrected chi connectivity index (χ3v) is 3.36. The van der Waals surface area contributed by atoms with Gasteiger partial charge in [-0.15, -0.1) is 0 Å². The number of nitrogens with one attached hydrogen (secondary N) is 1. The maximum Gasteiger partial charge on any atom is 0.461 e. The first-order valence-corrected chi connectivity index (χ1v) is 7.16. The molecule has 0 saturated heterocycles. The van der Waals surface area contributed by atoms with E-state index in [0.29, 0.717) is 5.02 Å². The SMILES string of the molecule is O=C(Nc1ccccc1OC(F)(F)C(F)F)c1ccc(Cl)cc1Cl. The van der Waals surface area contributed by atoms with Crippen molar-refractivity contribution in [2.45, 2.75) is 12.5 Å². The van der Waals surface area contributed by atoms with E-state index in [9.17, 15) is 22.4 Å². The molecule has 0 fully saturated rings. The van der Waals surface area contributed by atoms with Crippen LogP contribution < -0.4 is 10.1 Å². The monoisotopic (exact) mass is 381 g/mol.